The largest absolute Gasteiger partial charge is 0.363 e. The highest BCUT2D eigenvalue weighted by Gasteiger charge is 2.15. The molecule has 0 fully saturated rings. The zero-order valence-electron chi connectivity index (χ0n) is 10.1. The van der Waals surface area contributed by atoms with Crippen molar-refractivity contribution in [2.24, 2.45) is 5.73 Å². The molecular formula is C12H14ClN3O2S. The fraction of sp³-hybridized carbons (Fsp3) is 0.167. The molecule has 0 amide bonds. The lowest BCUT2D eigenvalue weighted by Crippen LogP contribution is -2.23. The van der Waals surface area contributed by atoms with Crippen LogP contribution in [0.15, 0.2) is 41.4 Å². The Labute approximate surface area is 116 Å². The lowest BCUT2D eigenvalue weighted by atomic mass is 10.2. The predicted molar refractivity (Wildman–Crippen MR) is 74.2 cm³/mol. The fourth-order valence-electron chi connectivity index (χ4n) is 1.59. The van der Waals surface area contributed by atoms with Crippen molar-refractivity contribution < 1.29 is 8.42 Å². The SMILES string of the molecule is NCc1cc(S(=O)(=O)NCc2ccccc2Cl)c[nH]1. The average molecular weight is 300 g/mol. The summed E-state index contributed by atoms with van der Waals surface area (Å²) in [6, 6.07) is 8.59. The van der Waals surface area contributed by atoms with Gasteiger partial charge in [-0.05, 0) is 17.7 Å². The van der Waals surface area contributed by atoms with E-state index < -0.39 is 10.0 Å². The standard InChI is InChI=1S/C12H14ClN3O2S/c13-12-4-2-1-3-9(12)7-16-19(17,18)11-5-10(6-14)15-8-11/h1-5,8,15-16H,6-7,14H2. The number of hydrogen-bond donors (Lipinski definition) is 3. The molecule has 2 aromatic rings. The molecule has 2 rings (SSSR count). The van der Waals surface area contributed by atoms with Crippen molar-refractivity contribution in [2.75, 3.05) is 0 Å². The molecular weight excluding hydrogens is 286 g/mol. The molecule has 5 nitrogen and oxygen atoms in total. The number of nitrogens with one attached hydrogen (secondary N) is 2. The van der Waals surface area contributed by atoms with E-state index in [1.54, 1.807) is 24.3 Å². The van der Waals surface area contributed by atoms with Crippen LogP contribution in [0.25, 0.3) is 0 Å². The van der Waals surface area contributed by atoms with Gasteiger partial charge in [0, 0.05) is 30.0 Å². The molecule has 0 atom stereocenters. The van der Waals surface area contributed by atoms with Crippen molar-refractivity contribution in [3.05, 3.63) is 52.8 Å². The maximum Gasteiger partial charge on any atom is 0.242 e. The molecule has 0 bridgehead atoms. The highest BCUT2D eigenvalue weighted by Crippen LogP contribution is 2.16. The molecule has 19 heavy (non-hydrogen) atoms. The summed E-state index contributed by atoms with van der Waals surface area (Å²) >= 11 is 5.97. The second-order valence-corrected chi connectivity index (χ2v) is 6.15. The normalized spacial score (nSPS) is 11.7. The Morgan fingerprint density at radius 3 is 2.68 bits per heavy atom. The van der Waals surface area contributed by atoms with E-state index in [0.717, 1.165) is 5.56 Å². The van der Waals surface area contributed by atoms with E-state index in [1.165, 1.54) is 12.3 Å². The molecule has 1 aromatic carbocycles. The van der Waals surface area contributed by atoms with Gasteiger partial charge in [0.1, 0.15) is 0 Å². The summed E-state index contributed by atoms with van der Waals surface area (Å²) in [5, 5.41) is 0.530. The Hall–Kier alpha value is -1.34. The van der Waals surface area contributed by atoms with E-state index in [9.17, 15) is 8.42 Å². The van der Waals surface area contributed by atoms with Gasteiger partial charge in [0.25, 0.3) is 0 Å². The van der Waals surface area contributed by atoms with Crippen molar-refractivity contribution in [1.29, 1.82) is 0 Å². The number of sulfonamides is 1. The zero-order chi connectivity index (χ0) is 13.9. The van der Waals surface area contributed by atoms with E-state index >= 15 is 0 Å². The van der Waals surface area contributed by atoms with Crippen LogP contribution in [0.4, 0.5) is 0 Å². The first-order valence-electron chi connectivity index (χ1n) is 5.63. The molecule has 7 heteroatoms. The van der Waals surface area contributed by atoms with Crippen LogP contribution in [-0.2, 0) is 23.1 Å². The maximum absolute atomic E-state index is 12.0. The van der Waals surface area contributed by atoms with Crippen molar-refractivity contribution in [2.45, 2.75) is 18.0 Å². The number of hydrogen-bond acceptors (Lipinski definition) is 3. The second-order valence-electron chi connectivity index (χ2n) is 3.98. The third-order valence-corrected chi connectivity index (χ3v) is 4.41. The Kier molecular flexibility index (Phi) is 4.26. The van der Waals surface area contributed by atoms with Gasteiger partial charge in [-0.15, -0.1) is 0 Å². The molecule has 0 aliphatic carbocycles. The lowest BCUT2D eigenvalue weighted by molar-refractivity contribution is 0.581. The van der Waals surface area contributed by atoms with Gasteiger partial charge in [-0.2, -0.15) is 0 Å². The molecule has 1 aromatic heterocycles. The van der Waals surface area contributed by atoms with Crippen LogP contribution in [0, 0.1) is 0 Å². The molecule has 0 unspecified atom stereocenters. The van der Waals surface area contributed by atoms with E-state index in [-0.39, 0.29) is 18.0 Å². The summed E-state index contributed by atoms with van der Waals surface area (Å²) in [4.78, 5) is 2.97. The quantitative estimate of drug-likeness (QED) is 0.783. The van der Waals surface area contributed by atoms with Crippen LogP contribution >= 0.6 is 11.6 Å². The highest BCUT2D eigenvalue weighted by molar-refractivity contribution is 7.89. The van der Waals surface area contributed by atoms with E-state index in [1.807, 2.05) is 0 Å². The zero-order valence-corrected chi connectivity index (χ0v) is 11.6. The van der Waals surface area contributed by atoms with Gasteiger partial charge < -0.3 is 10.7 Å². The first kappa shape index (κ1) is 14.1. The summed E-state index contributed by atoms with van der Waals surface area (Å²) in [5.41, 5.74) is 6.82. The minimum Gasteiger partial charge on any atom is -0.363 e. The third kappa shape index (κ3) is 3.36. The number of rotatable bonds is 5. The summed E-state index contributed by atoms with van der Waals surface area (Å²) in [6.07, 6.45) is 1.41. The number of aromatic nitrogens is 1. The van der Waals surface area contributed by atoms with Crippen LogP contribution in [0.2, 0.25) is 5.02 Å². The van der Waals surface area contributed by atoms with Crippen LogP contribution in [0.1, 0.15) is 11.3 Å². The predicted octanol–water partition coefficient (Wildman–Crippen LogP) is 1.61. The third-order valence-electron chi connectivity index (χ3n) is 2.66. The molecule has 0 aliphatic rings. The highest BCUT2D eigenvalue weighted by atomic mass is 35.5. The van der Waals surface area contributed by atoms with E-state index in [0.29, 0.717) is 10.7 Å². The smallest absolute Gasteiger partial charge is 0.242 e. The Morgan fingerprint density at radius 2 is 2.05 bits per heavy atom. The first-order chi connectivity index (χ1) is 9.03. The van der Waals surface area contributed by atoms with Gasteiger partial charge in [-0.25, -0.2) is 13.1 Å². The Balaban J connectivity index is 2.12. The van der Waals surface area contributed by atoms with Crippen LogP contribution in [-0.4, -0.2) is 13.4 Å². The van der Waals surface area contributed by atoms with Gasteiger partial charge in [0.15, 0.2) is 0 Å². The van der Waals surface area contributed by atoms with E-state index in [4.69, 9.17) is 17.3 Å². The van der Waals surface area contributed by atoms with Gasteiger partial charge in [-0.3, -0.25) is 0 Å². The molecule has 0 radical (unpaired) electrons. The van der Waals surface area contributed by atoms with Crippen molar-refractivity contribution in [3.8, 4) is 0 Å². The van der Waals surface area contributed by atoms with Crippen LogP contribution in [0.3, 0.4) is 0 Å². The van der Waals surface area contributed by atoms with Crippen molar-refractivity contribution >= 4 is 21.6 Å². The average Bonchev–Trinajstić information content (AvgIpc) is 2.87. The number of H-pyrrole nitrogens is 1. The monoisotopic (exact) mass is 299 g/mol. The molecule has 102 valence electrons. The maximum atomic E-state index is 12.0. The van der Waals surface area contributed by atoms with Crippen molar-refractivity contribution in [1.82, 2.24) is 9.71 Å². The molecule has 0 spiro atoms. The minimum absolute atomic E-state index is 0.144. The minimum atomic E-state index is -3.56. The topological polar surface area (TPSA) is 88.0 Å². The lowest BCUT2D eigenvalue weighted by Gasteiger charge is -2.06. The molecule has 0 aliphatic heterocycles. The first-order valence-corrected chi connectivity index (χ1v) is 7.49. The van der Waals surface area contributed by atoms with Gasteiger partial charge in [0.2, 0.25) is 10.0 Å². The number of aromatic amines is 1. The Morgan fingerprint density at radius 1 is 1.32 bits per heavy atom. The molecule has 1 heterocycles. The van der Waals surface area contributed by atoms with Crippen LogP contribution in [0.5, 0.6) is 0 Å². The van der Waals surface area contributed by atoms with Crippen molar-refractivity contribution in [3.63, 3.8) is 0 Å². The second kappa shape index (κ2) is 5.75. The summed E-state index contributed by atoms with van der Waals surface area (Å²) in [6.45, 7) is 0.408. The number of halogens is 1. The molecule has 4 N–H and O–H groups in total. The Bertz CT molecular complexity index is 667. The fourth-order valence-corrected chi connectivity index (χ4v) is 2.82. The summed E-state index contributed by atoms with van der Waals surface area (Å²) < 4.78 is 26.6. The van der Waals surface area contributed by atoms with E-state index in [2.05, 4.69) is 9.71 Å². The summed E-state index contributed by atoms with van der Waals surface area (Å²) in [7, 11) is -3.56. The molecule has 0 saturated carbocycles. The van der Waals surface area contributed by atoms with Gasteiger partial charge in [-0.1, -0.05) is 29.8 Å². The van der Waals surface area contributed by atoms with Gasteiger partial charge in [0.05, 0.1) is 4.90 Å². The summed E-state index contributed by atoms with van der Waals surface area (Å²) in [5.74, 6) is 0. The molecule has 0 saturated heterocycles. The number of nitrogens with two attached hydrogens (primary N) is 1. The van der Waals surface area contributed by atoms with Crippen LogP contribution < -0.4 is 10.5 Å². The van der Waals surface area contributed by atoms with Gasteiger partial charge >= 0.3 is 0 Å². The number of benzene rings is 1.